The van der Waals surface area contributed by atoms with Crippen molar-refractivity contribution in [1.29, 1.82) is 0 Å². The summed E-state index contributed by atoms with van der Waals surface area (Å²) in [4.78, 5) is 4.27. The van der Waals surface area contributed by atoms with Crippen molar-refractivity contribution >= 4 is 0 Å². The Morgan fingerprint density at radius 1 is 1.47 bits per heavy atom. The molecule has 0 bridgehead atoms. The highest BCUT2D eigenvalue weighted by atomic mass is 16.5. The predicted octanol–water partition coefficient (Wildman–Crippen LogP) is 1.62. The van der Waals surface area contributed by atoms with Crippen molar-refractivity contribution in [1.82, 2.24) is 10.1 Å². The Balaban J connectivity index is 2.75. The van der Waals surface area contributed by atoms with Gasteiger partial charge < -0.3 is 15.0 Å². The van der Waals surface area contributed by atoms with Gasteiger partial charge in [0, 0.05) is 13.2 Å². The number of nitrogens with two attached hydrogens (primary N) is 1. The normalized spacial score (nSPS) is 17.4. The first-order valence-corrected chi connectivity index (χ1v) is 5.22. The smallest absolute Gasteiger partial charge is 0.231 e. The van der Waals surface area contributed by atoms with E-state index in [2.05, 4.69) is 10.1 Å². The van der Waals surface area contributed by atoms with Crippen LogP contribution < -0.4 is 5.73 Å². The van der Waals surface area contributed by atoms with E-state index in [-0.39, 0.29) is 18.1 Å². The molecule has 1 rings (SSSR count). The van der Waals surface area contributed by atoms with Gasteiger partial charge in [0.25, 0.3) is 0 Å². The standard InChI is InChI=1S/C10H19N3O2/c1-5-8(11)6(2)10-12-9(13-15-10)7(3)14-4/h6-8H,5,11H2,1-4H3. The fourth-order valence-electron chi connectivity index (χ4n) is 1.24. The third-order valence-electron chi connectivity index (χ3n) is 2.68. The Bertz CT molecular complexity index is 301. The maximum absolute atomic E-state index is 5.91. The van der Waals surface area contributed by atoms with Gasteiger partial charge in [-0.25, -0.2) is 0 Å². The highest BCUT2D eigenvalue weighted by Crippen LogP contribution is 2.20. The Labute approximate surface area is 90.0 Å². The fraction of sp³-hybridized carbons (Fsp3) is 0.800. The second-order valence-electron chi connectivity index (χ2n) is 3.73. The van der Waals surface area contributed by atoms with Crippen molar-refractivity contribution in [3.05, 3.63) is 11.7 Å². The van der Waals surface area contributed by atoms with E-state index in [4.69, 9.17) is 15.0 Å². The minimum absolute atomic E-state index is 0.0520. The van der Waals surface area contributed by atoms with Gasteiger partial charge in [-0.15, -0.1) is 0 Å². The van der Waals surface area contributed by atoms with Gasteiger partial charge in [0.15, 0.2) is 5.82 Å². The van der Waals surface area contributed by atoms with Crippen molar-refractivity contribution < 1.29 is 9.26 Å². The predicted molar refractivity (Wildman–Crippen MR) is 56.4 cm³/mol. The molecule has 0 aliphatic rings. The second-order valence-corrected chi connectivity index (χ2v) is 3.73. The summed E-state index contributed by atoms with van der Waals surface area (Å²) >= 11 is 0. The summed E-state index contributed by atoms with van der Waals surface area (Å²) in [7, 11) is 1.61. The van der Waals surface area contributed by atoms with Gasteiger partial charge in [0.1, 0.15) is 6.10 Å². The molecule has 0 fully saturated rings. The number of aromatic nitrogens is 2. The van der Waals surface area contributed by atoms with Crippen LogP contribution in [0.4, 0.5) is 0 Å². The number of hydrogen-bond acceptors (Lipinski definition) is 5. The quantitative estimate of drug-likeness (QED) is 0.804. The topological polar surface area (TPSA) is 74.2 Å². The summed E-state index contributed by atoms with van der Waals surface area (Å²) in [6, 6.07) is 0.0520. The zero-order chi connectivity index (χ0) is 11.4. The molecule has 1 heterocycles. The van der Waals surface area contributed by atoms with Gasteiger partial charge in [-0.1, -0.05) is 19.0 Å². The molecule has 0 aliphatic heterocycles. The number of rotatable bonds is 5. The summed E-state index contributed by atoms with van der Waals surface area (Å²) in [6.45, 7) is 5.90. The van der Waals surface area contributed by atoms with E-state index in [0.717, 1.165) is 6.42 Å². The lowest BCUT2D eigenvalue weighted by molar-refractivity contribution is 0.109. The first kappa shape index (κ1) is 12.1. The number of methoxy groups -OCH3 is 1. The van der Waals surface area contributed by atoms with E-state index in [1.54, 1.807) is 7.11 Å². The van der Waals surface area contributed by atoms with E-state index in [0.29, 0.717) is 11.7 Å². The van der Waals surface area contributed by atoms with Gasteiger partial charge in [-0.3, -0.25) is 0 Å². The van der Waals surface area contributed by atoms with Gasteiger partial charge >= 0.3 is 0 Å². The van der Waals surface area contributed by atoms with Crippen LogP contribution in [0.3, 0.4) is 0 Å². The molecule has 5 nitrogen and oxygen atoms in total. The Kier molecular flexibility index (Phi) is 4.23. The zero-order valence-corrected chi connectivity index (χ0v) is 9.73. The van der Waals surface area contributed by atoms with Crippen LogP contribution in [0.15, 0.2) is 4.52 Å². The van der Waals surface area contributed by atoms with Crippen LogP contribution >= 0.6 is 0 Å². The molecule has 86 valence electrons. The van der Waals surface area contributed by atoms with Crippen LogP contribution in [-0.4, -0.2) is 23.3 Å². The lowest BCUT2D eigenvalue weighted by Crippen LogP contribution is -2.25. The molecule has 0 aliphatic carbocycles. The molecular weight excluding hydrogens is 194 g/mol. The third kappa shape index (κ3) is 2.76. The highest BCUT2D eigenvalue weighted by Gasteiger charge is 2.21. The van der Waals surface area contributed by atoms with E-state index in [1.807, 2.05) is 20.8 Å². The zero-order valence-electron chi connectivity index (χ0n) is 9.73. The number of nitrogens with zero attached hydrogens (tertiary/aromatic N) is 2. The average Bonchev–Trinajstić information content (AvgIpc) is 2.75. The van der Waals surface area contributed by atoms with Crippen LogP contribution in [0.1, 0.15) is 50.9 Å². The van der Waals surface area contributed by atoms with E-state index >= 15 is 0 Å². The molecule has 0 radical (unpaired) electrons. The molecule has 0 amide bonds. The molecule has 0 aromatic carbocycles. The third-order valence-corrected chi connectivity index (χ3v) is 2.68. The summed E-state index contributed by atoms with van der Waals surface area (Å²) in [5.74, 6) is 1.24. The molecule has 15 heavy (non-hydrogen) atoms. The first-order valence-electron chi connectivity index (χ1n) is 5.22. The van der Waals surface area contributed by atoms with Gasteiger partial charge in [-0.2, -0.15) is 4.98 Å². The van der Waals surface area contributed by atoms with Crippen molar-refractivity contribution in [2.75, 3.05) is 7.11 Å². The summed E-state index contributed by atoms with van der Waals surface area (Å²) in [6.07, 6.45) is 0.742. The lowest BCUT2D eigenvalue weighted by atomic mass is 10.0. The van der Waals surface area contributed by atoms with E-state index < -0.39 is 0 Å². The monoisotopic (exact) mass is 213 g/mol. The lowest BCUT2D eigenvalue weighted by Gasteiger charge is -2.13. The molecule has 0 saturated heterocycles. The Morgan fingerprint density at radius 2 is 2.13 bits per heavy atom. The van der Waals surface area contributed by atoms with Crippen molar-refractivity contribution in [2.24, 2.45) is 5.73 Å². The van der Waals surface area contributed by atoms with Crippen molar-refractivity contribution in [2.45, 2.75) is 45.3 Å². The fourth-order valence-corrected chi connectivity index (χ4v) is 1.24. The maximum atomic E-state index is 5.91. The molecule has 0 spiro atoms. The molecule has 3 unspecified atom stereocenters. The molecule has 1 aromatic heterocycles. The minimum atomic E-state index is -0.146. The average molecular weight is 213 g/mol. The molecule has 2 N–H and O–H groups in total. The van der Waals surface area contributed by atoms with E-state index in [1.165, 1.54) is 0 Å². The number of hydrogen-bond donors (Lipinski definition) is 1. The van der Waals surface area contributed by atoms with Crippen LogP contribution in [0, 0.1) is 0 Å². The second kappa shape index (κ2) is 5.23. The van der Waals surface area contributed by atoms with Gasteiger partial charge in [-0.05, 0) is 13.3 Å². The minimum Gasteiger partial charge on any atom is -0.374 e. The highest BCUT2D eigenvalue weighted by molar-refractivity contribution is 4.97. The van der Waals surface area contributed by atoms with E-state index in [9.17, 15) is 0 Å². The maximum Gasteiger partial charge on any atom is 0.231 e. The van der Waals surface area contributed by atoms with Gasteiger partial charge in [0.2, 0.25) is 5.89 Å². The Hall–Kier alpha value is -0.940. The van der Waals surface area contributed by atoms with Crippen molar-refractivity contribution in [3.8, 4) is 0 Å². The summed E-state index contributed by atoms with van der Waals surface area (Å²) in [5, 5.41) is 3.86. The molecular formula is C10H19N3O2. The Morgan fingerprint density at radius 3 is 2.67 bits per heavy atom. The summed E-state index contributed by atoms with van der Waals surface area (Å²) < 4.78 is 10.3. The first-order chi connectivity index (χ1) is 7.10. The molecule has 5 heteroatoms. The number of ether oxygens (including phenoxy) is 1. The van der Waals surface area contributed by atoms with Crippen LogP contribution in [-0.2, 0) is 4.74 Å². The van der Waals surface area contributed by atoms with Crippen molar-refractivity contribution in [3.63, 3.8) is 0 Å². The van der Waals surface area contributed by atoms with Crippen LogP contribution in [0.25, 0.3) is 0 Å². The molecule has 1 aromatic rings. The van der Waals surface area contributed by atoms with Gasteiger partial charge in [0.05, 0.1) is 5.92 Å². The molecule has 0 saturated carbocycles. The van der Waals surface area contributed by atoms with Crippen LogP contribution in [0.5, 0.6) is 0 Å². The largest absolute Gasteiger partial charge is 0.374 e. The SMILES string of the molecule is CCC(N)C(C)c1nc(C(C)OC)no1. The molecule has 3 atom stereocenters. The van der Waals surface area contributed by atoms with Crippen LogP contribution in [0.2, 0.25) is 0 Å². The summed E-state index contributed by atoms with van der Waals surface area (Å²) in [5.41, 5.74) is 5.91.